The molecule has 2 aromatic carbocycles. The van der Waals surface area contributed by atoms with E-state index in [0.29, 0.717) is 18.9 Å². The van der Waals surface area contributed by atoms with Crippen molar-refractivity contribution in [2.75, 3.05) is 25.2 Å². The van der Waals surface area contributed by atoms with Crippen LogP contribution in [0, 0.1) is 0 Å². The number of ether oxygens (including phenoxy) is 2. The third-order valence-corrected chi connectivity index (χ3v) is 3.56. The third-order valence-electron chi connectivity index (χ3n) is 3.56. The molecular formula is C17H15NO4. The summed E-state index contributed by atoms with van der Waals surface area (Å²) in [7, 11) is 1.47. The number of carbonyl (C=O) groups is 1. The van der Waals surface area contributed by atoms with E-state index in [9.17, 15) is 9.59 Å². The second-order valence-electron chi connectivity index (χ2n) is 4.87. The van der Waals surface area contributed by atoms with E-state index in [-0.39, 0.29) is 11.5 Å². The zero-order valence-electron chi connectivity index (χ0n) is 12.1. The minimum atomic E-state index is -0.320. The van der Waals surface area contributed by atoms with Crippen LogP contribution in [0.25, 0.3) is 11.1 Å². The summed E-state index contributed by atoms with van der Waals surface area (Å²) >= 11 is 0. The number of anilines is 1. The molecule has 0 radical (unpaired) electrons. The lowest BCUT2D eigenvalue weighted by Gasteiger charge is -2.12. The molecule has 1 amide bonds. The molecule has 0 bridgehead atoms. The van der Waals surface area contributed by atoms with E-state index in [4.69, 9.17) is 9.47 Å². The Morgan fingerprint density at radius 3 is 2.18 bits per heavy atom. The molecule has 1 saturated heterocycles. The number of cyclic esters (lactones) is 1. The van der Waals surface area contributed by atoms with Gasteiger partial charge in [0, 0.05) is 5.69 Å². The molecule has 0 aromatic heterocycles. The SMILES string of the molecule is COc1ccc(-c2ccc(N3CCOC3=O)cc2)ccc1=O. The molecule has 5 heteroatoms. The van der Waals surface area contributed by atoms with E-state index >= 15 is 0 Å². The summed E-state index contributed by atoms with van der Waals surface area (Å²) in [4.78, 5) is 24.8. The van der Waals surface area contributed by atoms with Gasteiger partial charge in [-0.2, -0.15) is 0 Å². The molecule has 0 atom stereocenters. The first kappa shape index (κ1) is 14.1. The van der Waals surface area contributed by atoms with Crippen LogP contribution in [0.2, 0.25) is 0 Å². The molecule has 1 aliphatic heterocycles. The van der Waals surface area contributed by atoms with Gasteiger partial charge in [-0.15, -0.1) is 0 Å². The van der Waals surface area contributed by atoms with Crippen LogP contribution in [0.15, 0.2) is 53.3 Å². The van der Waals surface area contributed by atoms with Crippen molar-refractivity contribution in [1.82, 2.24) is 0 Å². The number of amides is 1. The highest BCUT2D eigenvalue weighted by molar-refractivity contribution is 5.89. The van der Waals surface area contributed by atoms with E-state index in [1.807, 2.05) is 30.3 Å². The summed E-state index contributed by atoms with van der Waals surface area (Å²) in [6.45, 7) is 0.983. The largest absolute Gasteiger partial charge is 0.493 e. The fraction of sp³-hybridized carbons (Fsp3) is 0.176. The van der Waals surface area contributed by atoms with Gasteiger partial charge in [0.05, 0.1) is 13.7 Å². The topological polar surface area (TPSA) is 55.8 Å². The van der Waals surface area contributed by atoms with Crippen molar-refractivity contribution < 1.29 is 14.3 Å². The van der Waals surface area contributed by atoms with E-state index in [0.717, 1.165) is 16.8 Å². The summed E-state index contributed by atoms with van der Waals surface area (Å²) in [5.74, 6) is 0.308. The van der Waals surface area contributed by atoms with Crippen LogP contribution in [0.5, 0.6) is 5.75 Å². The van der Waals surface area contributed by atoms with Crippen LogP contribution < -0.4 is 15.1 Å². The van der Waals surface area contributed by atoms with Crippen LogP contribution in [-0.4, -0.2) is 26.4 Å². The van der Waals surface area contributed by atoms with E-state index < -0.39 is 0 Å². The highest BCUT2D eigenvalue weighted by Crippen LogP contribution is 2.24. The molecule has 0 aliphatic carbocycles. The van der Waals surface area contributed by atoms with Crippen LogP contribution in [0.1, 0.15) is 0 Å². The first-order valence-corrected chi connectivity index (χ1v) is 6.92. The Bertz CT molecular complexity index is 755. The summed E-state index contributed by atoms with van der Waals surface area (Å²) < 4.78 is 9.95. The minimum absolute atomic E-state index is 0.162. The summed E-state index contributed by atoms with van der Waals surface area (Å²) in [6, 6.07) is 14.3. The Labute approximate surface area is 127 Å². The molecule has 3 rings (SSSR count). The van der Waals surface area contributed by atoms with Gasteiger partial charge in [-0.3, -0.25) is 9.69 Å². The predicted octanol–water partition coefficient (Wildman–Crippen LogP) is 2.68. The molecule has 22 heavy (non-hydrogen) atoms. The molecule has 0 N–H and O–H groups in total. The van der Waals surface area contributed by atoms with E-state index in [2.05, 4.69) is 0 Å². The van der Waals surface area contributed by atoms with Gasteiger partial charge in [0.1, 0.15) is 6.61 Å². The molecule has 0 unspecified atom stereocenters. The fourth-order valence-electron chi connectivity index (χ4n) is 2.37. The van der Waals surface area contributed by atoms with Crippen molar-refractivity contribution in [2.24, 2.45) is 0 Å². The second kappa shape index (κ2) is 5.89. The predicted molar refractivity (Wildman–Crippen MR) is 83.4 cm³/mol. The van der Waals surface area contributed by atoms with Crippen molar-refractivity contribution in [3.8, 4) is 16.9 Å². The van der Waals surface area contributed by atoms with Crippen molar-refractivity contribution >= 4 is 11.8 Å². The summed E-state index contributed by atoms with van der Waals surface area (Å²) in [5.41, 5.74) is 2.49. The number of rotatable bonds is 3. The Morgan fingerprint density at radius 2 is 1.59 bits per heavy atom. The van der Waals surface area contributed by atoms with Gasteiger partial charge in [-0.05, 0) is 35.4 Å². The number of hydrogen-bond donors (Lipinski definition) is 0. The smallest absolute Gasteiger partial charge is 0.414 e. The molecule has 0 spiro atoms. The summed E-state index contributed by atoms with van der Waals surface area (Å²) in [5, 5.41) is 0. The van der Waals surface area contributed by atoms with Crippen LogP contribution >= 0.6 is 0 Å². The minimum Gasteiger partial charge on any atom is -0.493 e. The van der Waals surface area contributed by atoms with Crippen molar-refractivity contribution in [3.05, 3.63) is 58.8 Å². The number of benzene rings is 1. The maximum atomic E-state index is 11.7. The molecule has 1 aliphatic rings. The third kappa shape index (κ3) is 2.65. The first-order valence-electron chi connectivity index (χ1n) is 6.92. The highest BCUT2D eigenvalue weighted by Gasteiger charge is 2.23. The second-order valence-corrected chi connectivity index (χ2v) is 4.87. The number of hydrogen-bond acceptors (Lipinski definition) is 4. The lowest BCUT2D eigenvalue weighted by Crippen LogP contribution is -2.22. The monoisotopic (exact) mass is 297 g/mol. The van der Waals surface area contributed by atoms with E-state index in [1.54, 1.807) is 17.0 Å². The Morgan fingerprint density at radius 1 is 0.955 bits per heavy atom. The number of nitrogens with zero attached hydrogens (tertiary/aromatic N) is 1. The van der Waals surface area contributed by atoms with Gasteiger partial charge in [-0.1, -0.05) is 24.3 Å². The van der Waals surface area contributed by atoms with Crippen LogP contribution in [-0.2, 0) is 4.74 Å². The van der Waals surface area contributed by atoms with Gasteiger partial charge in [0.15, 0.2) is 5.75 Å². The average molecular weight is 297 g/mol. The van der Waals surface area contributed by atoms with Gasteiger partial charge in [-0.25, -0.2) is 4.79 Å². The van der Waals surface area contributed by atoms with Gasteiger partial charge >= 0.3 is 6.09 Å². The molecule has 1 heterocycles. The molecular weight excluding hydrogens is 282 g/mol. The zero-order chi connectivity index (χ0) is 15.5. The Kier molecular flexibility index (Phi) is 3.78. The van der Waals surface area contributed by atoms with E-state index in [1.165, 1.54) is 13.2 Å². The molecule has 0 saturated carbocycles. The first-order chi connectivity index (χ1) is 10.7. The lowest BCUT2D eigenvalue weighted by atomic mass is 10.1. The van der Waals surface area contributed by atoms with Gasteiger partial charge < -0.3 is 9.47 Å². The van der Waals surface area contributed by atoms with Crippen molar-refractivity contribution in [3.63, 3.8) is 0 Å². The molecule has 112 valence electrons. The van der Waals surface area contributed by atoms with Crippen LogP contribution in [0.3, 0.4) is 0 Å². The number of methoxy groups -OCH3 is 1. The maximum absolute atomic E-state index is 11.7. The molecule has 1 fully saturated rings. The quantitative estimate of drug-likeness (QED) is 0.874. The average Bonchev–Trinajstić information content (AvgIpc) is 2.87. The normalized spacial score (nSPS) is 13.9. The molecule has 5 nitrogen and oxygen atoms in total. The summed E-state index contributed by atoms with van der Waals surface area (Å²) in [6.07, 6.45) is -0.320. The van der Waals surface area contributed by atoms with Crippen LogP contribution in [0.4, 0.5) is 10.5 Å². The number of carbonyl (C=O) groups excluding carboxylic acids is 1. The van der Waals surface area contributed by atoms with Crippen molar-refractivity contribution in [2.45, 2.75) is 0 Å². The zero-order valence-corrected chi connectivity index (χ0v) is 12.1. The highest BCUT2D eigenvalue weighted by atomic mass is 16.6. The lowest BCUT2D eigenvalue weighted by molar-refractivity contribution is 0.181. The Hall–Kier alpha value is -2.82. The molecule has 2 aromatic rings. The van der Waals surface area contributed by atoms with Gasteiger partial charge in [0.25, 0.3) is 0 Å². The standard InChI is InChI=1S/C17H15NO4/c1-21-16-9-5-13(4-8-15(16)19)12-2-6-14(7-3-12)18-10-11-22-17(18)20/h2-9H,10-11H2,1H3. The van der Waals surface area contributed by atoms with Crippen molar-refractivity contribution in [1.29, 1.82) is 0 Å². The Balaban J connectivity index is 1.91. The fourth-order valence-corrected chi connectivity index (χ4v) is 2.37. The van der Waals surface area contributed by atoms with Gasteiger partial charge in [0.2, 0.25) is 5.43 Å². The maximum Gasteiger partial charge on any atom is 0.414 e.